The Balaban J connectivity index is 2.34. The van der Waals surface area contributed by atoms with Crippen molar-refractivity contribution in [3.8, 4) is 0 Å². The van der Waals surface area contributed by atoms with Crippen molar-refractivity contribution in [1.82, 2.24) is 4.90 Å². The molecule has 0 saturated carbocycles. The van der Waals surface area contributed by atoms with Crippen LogP contribution in [0.3, 0.4) is 0 Å². The van der Waals surface area contributed by atoms with Crippen molar-refractivity contribution in [3.63, 3.8) is 0 Å². The molecule has 0 aliphatic rings. The summed E-state index contributed by atoms with van der Waals surface area (Å²) < 4.78 is 0. The molecule has 17 heavy (non-hydrogen) atoms. The average molecular weight is 298 g/mol. The number of rotatable bonds is 7. The fourth-order valence-electron chi connectivity index (χ4n) is 1.95. The van der Waals surface area contributed by atoms with Gasteiger partial charge in [0.25, 0.3) is 0 Å². The highest BCUT2D eigenvalue weighted by atomic mass is 79.9. The third-order valence-electron chi connectivity index (χ3n) is 3.20. The van der Waals surface area contributed by atoms with E-state index in [1.165, 1.54) is 42.5 Å². The number of alkyl halides is 1. The van der Waals surface area contributed by atoms with Crippen LogP contribution in [0.15, 0.2) is 18.2 Å². The second-order valence-corrected chi connectivity index (χ2v) is 5.70. The molecule has 0 aliphatic heterocycles. The molecular formula is C15H24BrN. The van der Waals surface area contributed by atoms with Crippen LogP contribution in [0.5, 0.6) is 0 Å². The maximum atomic E-state index is 3.47. The van der Waals surface area contributed by atoms with E-state index in [1.54, 1.807) is 0 Å². The van der Waals surface area contributed by atoms with E-state index in [-0.39, 0.29) is 0 Å². The quantitative estimate of drug-likeness (QED) is 0.536. The summed E-state index contributed by atoms with van der Waals surface area (Å²) in [6.45, 7) is 6.62. The first-order valence-electron chi connectivity index (χ1n) is 6.44. The summed E-state index contributed by atoms with van der Waals surface area (Å²) in [5, 5.41) is 1.13. The summed E-state index contributed by atoms with van der Waals surface area (Å²) in [7, 11) is 2.21. The highest BCUT2D eigenvalue weighted by Crippen LogP contribution is 2.11. The molecule has 0 fully saturated rings. The van der Waals surface area contributed by atoms with Crippen molar-refractivity contribution in [2.24, 2.45) is 0 Å². The molecule has 0 N–H and O–H groups in total. The molecule has 96 valence electrons. The molecule has 0 aromatic heterocycles. The Bertz CT molecular complexity index is 336. The predicted octanol–water partition coefficient (Wildman–Crippen LogP) is 4.30. The van der Waals surface area contributed by atoms with Crippen molar-refractivity contribution in [3.05, 3.63) is 34.9 Å². The Labute approximate surface area is 114 Å². The van der Waals surface area contributed by atoms with Gasteiger partial charge < -0.3 is 4.90 Å². The molecular weight excluding hydrogens is 274 g/mol. The summed E-state index contributed by atoms with van der Waals surface area (Å²) in [4.78, 5) is 2.42. The van der Waals surface area contributed by atoms with Crippen molar-refractivity contribution in [1.29, 1.82) is 0 Å². The lowest BCUT2D eigenvalue weighted by Crippen LogP contribution is -2.19. The molecule has 0 unspecified atom stereocenters. The maximum Gasteiger partial charge on any atom is 0.0230 e. The first-order chi connectivity index (χ1) is 8.13. The molecule has 0 spiro atoms. The molecule has 0 heterocycles. The van der Waals surface area contributed by atoms with Crippen molar-refractivity contribution in [2.45, 2.75) is 39.7 Å². The smallest absolute Gasteiger partial charge is 0.0230 e. The molecule has 1 rings (SSSR count). The Morgan fingerprint density at radius 1 is 1.06 bits per heavy atom. The molecule has 0 amide bonds. The number of nitrogens with zero attached hydrogens (tertiary/aromatic N) is 1. The largest absolute Gasteiger partial charge is 0.302 e. The van der Waals surface area contributed by atoms with Crippen LogP contribution in [0.25, 0.3) is 0 Å². The number of hydrogen-bond acceptors (Lipinski definition) is 1. The minimum atomic E-state index is 1.06. The summed E-state index contributed by atoms with van der Waals surface area (Å²) in [5.41, 5.74) is 4.21. The van der Waals surface area contributed by atoms with E-state index in [4.69, 9.17) is 0 Å². The number of unbranched alkanes of at least 4 members (excludes halogenated alkanes) is 2. The first kappa shape index (κ1) is 14.7. The van der Waals surface area contributed by atoms with Gasteiger partial charge in [0.1, 0.15) is 0 Å². The van der Waals surface area contributed by atoms with Crippen molar-refractivity contribution < 1.29 is 0 Å². The fourth-order valence-corrected chi connectivity index (χ4v) is 2.34. The second-order valence-electron chi connectivity index (χ2n) is 4.91. The Hall–Kier alpha value is -0.340. The lowest BCUT2D eigenvalue weighted by atomic mass is 10.1. The average Bonchev–Trinajstić information content (AvgIpc) is 2.30. The third-order valence-corrected chi connectivity index (χ3v) is 3.76. The van der Waals surface area contributed by atoms with Crippen LogP contribution in [0.2, 0.25) is 0 Å². The van der Waals surface area contributed by atoms with Gasteiger partial charge in [-0.3, -0.25) is 0 Å². The molecule has 2 heteroatoms. The van der Waals surface area contributed by atoms with Gasteiger partial charge in [0.05, 0.1) is 0 Å². The molecule has 1 nitrogen and oxygen atoms in total. The zero-order valence-electron chi connectivity index (χ0n) is 11.3. The van der Waals surface area contributed by atoms with Crippen LogP contribution >= 0.6 is 15.9 Å². The monoisotopic (exact) mass is 297 g/mol. The van der Waals surface area contributed by atoms with E-state index in [0.29, 0.717) is 0 Å². The van der Waals surface area contributed by atoms with Gasteiger partial charge in [-0.2, -0.15) is 0 Å². The number of halogens is 1. The minimum absolute atomic E-state index is 1.06. The highest BCUT2D eigenvalue weighted by Gasteiger charge is 2.01. The van der Waals surface area contributed by atoms with Gasteiger partial charge in [0, 0.05) is 11.9 Å². The molecule has 1 aromatic rings. The number of hydrogen-bond donors (Lipinski definition) is 0. The predicted molar refractivity (Wildman–Crippen MR) is 79.9 cm³/mol. The SMILES string of the molecule is Cc1ccc(CN(C)CCCCCBr)cc1C. The van der Waals surface area contributed by atoms with E-state index >= 15 is 0 Å². The van der Waals surface area contributed by atoms with Gasteiger partial charge in [-0.15, -0.1) is 0 Å². The Morgan fingerprint density at radius 3 is 2.47 bits per heavy atom. The fraction of sp³-hybridized carbons (Fsp3) is 0.600. The zero-order valence-corrected chi connectivity index (χ0v) is 12.9. The van der Waals surface area contributed by atoms with Gasteiger partial charge >= 0.3 is 0 Å². The summed E-state index contributed by atoms with van der Waals surface area (Å²) in [6.07, 6.45) is 3.91. The molecule has 0 radical (unpaired) electrons. The summed E-state index contributed by atoms with van der Waals surface area (Å²) in [5.74, 6) is 0. The first-order valence-corrected chi connectivity index (χ1v) is 7.56. The van der Waals surface area contributed by atoms with Gasteiger partial charge in [-0.05, 0) is 57.0 Å². The van der Waals surface area contributed by atoms with Crippen molar-refractivity contribution in [2.75, 3.05) is 18.9 Å². The number of benzene rings is 1. The highest BCUT2D eigenvalue weighted by molar-refractivity contribution is 9.09. The Morgan fingerprint density at radius 2 is 1.82 bits per heavy atom. The topological polar surface area (TPSA) is 3.24 Å². The molecule has 0 aliphatic carbocycles. The minimum Gasteiger partial charge on any atom is -0.302 e. The lowest BCUT2D eigenvalue weighted by molar-refractivity contribution is 0.318. The normalized spacial score (nSPS) is 11.1. The van der Waals surface area contributed by atoms with Gasteiger partial charge in [0.15, 0.2) is 0 Å². The van der Waals surface area contributed by atoms with Gasteiger partial charge in [-0.25, -0.2) is 0 Å². The lowest BCUT2D eigenvalue weighted by Gasteiger charge is -2.17. The molecule has 1 aromatic carbocycles. The van der Waals surface area contributed by atoms with Crippen LogP contribution in [-0.2, 0) is 6.54 Å². The third kappa shape index (κ3) is 5.69. The summed E-state index contributed by atoms with van der Waals surface area (Å²) >= 11 is 3.47. The molecule has 0 atom stereocenters. The van der Waals surface area contributed by atoms with Crippen LogP contribution in [0.1, 0.15) is 36.0 Å². The van der Waals surface area contributed by atoms with E-state index < -0.39 is 0 Å². The van der Waals surface area contributed by atoms with E-state index in [9.17, 15) is 0 Å². The van der Waals surface area contributed by atoms with Crippen LogP contribution in [0.4, 0.5) is 0 Å². The zero-order chi connectivity index (χ0) is 12.7. The number of aryl methyl sites for hydroxylation is 2. The maximum absolute atomic E-state index is 3.47. The van der Waals surface area contributed by atoms with E-state index in [0.717, 1.165) is 11.9 Å². The summed E-state index contributed by atoms with van der Waals surface area (Å²) in [6, 6.07) is 6.78. The van der Waals surface area contributed by atoms with Crippen LogP contribution in [0, 0.1) is 13.8 Å². The van der Waals surface area contributed by atoms with Gasteiger partial charge in [0.2, 0.25) is 0 Å². The molecule has 0 bridgehead atoms. The van der Waals surface area contributed by atoms with E-state index in [2.05, 4.69) is 59.9 Å². The molecule has 0 saturated heterocycles. The Kier molecular flexibility index (Phi) is 6.83. The standard InChI is InChI=1S/C15H24BrN/c1-13-7-8-15(11-14(13)2)12-17(3)10-6-4-5-9-16/h7-8,11H,4-6,9-10,12H2,1-3H3. The van der Waals surface area contributed by atoms with Gasteiger partial charge in [-0.1, -0.05) is 40.5 Å². The van der Waals surface area contributed by atoms with Crippen LogP contribution in [-0.4, -0.2) is 23.8 Å². The van der Waals surface area contributed by atoms with E-state index in [1.807, 2.05) is 0 Å². The van der Waals surface area contributed by atoms with Crippen LogP contribution < -0.4 is 0 Å². The second kappa shape index (κ2) is 7.88. The van der Waals surface area contributed by atoms with Crippen molar-refractivity contribution >= 4 is 15.9 Å².